The van der Waals surface area contributed by atoms with E-state index in [9.17, 15) is 4.79 Å². The zero-order valence-electron chi connectivity index (χ0n) is 17.3. The molecule has 0 radical (unpaired) electrons. The first-order valence-corrected chi connectivity index (χ1v) is 10.9. The minimum atomic E-state index is -0.207. The number of fused-ring (bicyclic) bond motifs is 1. The number of rotatable bonds is 7. The molecule has 6 nitrogen and oxygen atoms in total. The van der Waals surface area contributed by atoms with Gasteiger partial charge in [0.1, 0.15) is 22.8 Å². The molecule has 2 heterocycles. The summed E-state index contributed by atoms with van der Waals surface area (Å²) in [5, 5.41) is 1.06. The van der Waals surface area contributed by atoms with Gasteiger partial charge in [0.25, 0.3) is 5.91 Å². The zero-order valence-corrected chi connectivity index (χ0v) is 18.9. The van der Waals surface area contributed by atoms with Crippen LogP contribution >= 0.6 is 22.9 Å². The maximum absolute atomic E-state index is 13.5. The Morgan fingerprint density at radius 1 is 1.19 bits per heavy atom. The van der Waals surface area contributed by atoms with Gasteiger partial charge < -0.3 is 13.9 Å². The Kier molecular flexibility index (Phi) is 6.15. The van der Waals surface area contributed by atoms with Gasteiger partial charge in [0, 0.05) is 5.56 Å². The van der Waals surface area contributed by atoms with Crippen molar-refractivity contribution in [2.75, 3.05) is 12.0 Å². The second kappa shape index (κ2) is 8.99. The number of thiazole rings is 1. The Hall–Kier alpha value is -3.03. The van der Waals surface area contributed by atoms with E-state index < -0.39 is 0 Å². The van der Waals surface area contributed by atoms with Crippen LogP contribution in [-0.4, -0.2) is 24.1 Å². The monoisotopic (exact) mass is 456 g/mol. The third-order valence-electron chi connectivity index (χ3n) is 4.51. The SMILES string of the molecule is COc1ccc(Cl)c2sc(N(Cc3ccco3)C(=O)c3ccc(OC(C)C)cc3)nc12. The molecule has 2 aromatic heterocycles. The third kappa shape index (κ3) is 4.52. The molecule has 0 fully saturated rings. The van der Waals surface area contributed by atoms with E-state index in [1.54, 1.807) is 60.7 Å². The van der Waals surface area contributed by atoms with Gasteiger partial charge in [-0.15, -0.1) is 0 Å². The van der Waals surface area contributed by atoms with Crippen molar-refractivity contribution in [3.8, 4) is 11.5 Å². The maximum Gasteiger partial charge on any atom is 0.260 e. The van der Waals surface area contributed by atoms with E-state index in [0.29, 0.717) is 38.5 Å². The van der Waals surface area contributed by atoms with E-state index in [4.69, 9.17) is 25.5 Å². The average molecular weight is 457 g/mol. The number of furan rings is 1. The highest BCUT2D eigenvalue weighted by Crippen LogP contribution is 2.39. The van der Waals surface area contributed by atoms with Crippen LogP contribution in [0, 0.1) is 0 Å². The van der Waals surface area contributed by atoms with Crippen LogP contribution in [0.4, 0.5) is 5.13 Å². The summed E-state index contributed by atoms with van der Waals surface area (Å²) < 4.78 is 17.3. The van der Waals surface area contributed by atoms with Crippen molar-refractivity contribution in [2.45, 2.75) is 26.5 Å². The molecule has 0 saturated heterocycles. The molecule has 0 spiro atoms. The first-order valence-electron chi connectivity index (χ1n) is 9.70. The number of benzene rings is 2. The minimum absolute atomic E-state index is 0.0551. The first-order chi connectivity index (χ1) is 15.0. The second-order valence-electron chi connectivity index (χ2n) is 7.09. The molecule has 2 aromatic carbocycles. The predicted octanol–water partition coefficient (Wildman–Crippen LogP) is 6.19. The molecule has 0 saturated carbocycles. The van der Waals surface area contributed by atoms with E-state index in [1.807, 2.05) is 19.9 Å². The van der Waals surface area contributed by atoms with E-state index in [2.05, 4.69) is 4.98 Å². The smallest absolute Gasteiger partial charge is 0.260 e. The van der Waals surface area contributed by atoms with E-state index in [0.717, 1.165) is 4.70 Å². The zero-order chi connectivity index (χ0) is 22.0. The number of carbonyl (C=O) groups is 1. The number of amides is 1. The quantitative estimate of drug-likeness (QED) is 0.332. The van der Waals surface area contributed by atoms with Crippen LogP contribution in [-0.2, 0) is 6.54 Å². The van der Waals surface area contributed by atoms with Gasteiger partial charge in [-0.2, -0.15) is 0 Å². The van der Waals surface area contributed by atoms with Crippen molar-refractivity contribution in [2.24, 2.45) is 0 Å². The van der Waals surface area contributed by atoms with Gasteiger partial charge in [0.05, 0.1) is 35.7 Å². The van der Waals surface area contributed by atoms with Gasteiger partial charge in [0.15, 0.2) is 5.13 Å². The summed E-state index contributed by atoms with van der Waals surface area (Å²) in [5.41, 5.74) is 1.13. The standard InChI is InChI=1S/C23H21ClN2O4S/c1-14(2)30-16-8-6-15(7-9-16)22(27)26(13-17-5-4-12-29-17)23-25-20-19(28-3)11-10-18(24)21(20)31-23/h4-12,14H,13H2,1-3H3. The van der Waals surface area contributed by atoms with Crippen molar-refractivity contribution in [1.82, 2.24) is 4.98 Å². The van der Waals surface area contributed by atoms with Gasteiger partial charge >= 0.3 is 0 Å². The van der Waals surface area contributed by atoms with Gasteiger partial charge in [-0.1, -0.05) is 22.9 Å². The number of aromatic nitrogens is 1. The number of ether oxygens (including phenoxy) is 2. The minimum Gasteiger partial charge on any atom is -0.494 e. The molecular weight excluding hydrogens is 436 g/mol. The molecule has 160 valence electrons. The van der Waals surface area contributed by atoms with Gasteiger partial charge in [-0.25, -0.2) is 4.98 Å². The van der Waals surface area contributed by atoms with Crippen LogP contribution in [0.1, 0.15) is 30.0 Å². The summed E-state index contributed by atoms with van der Waals surface area (Å²) in [6.07, 6.45) is 1.63. The molecule has 0 unspecified atom stereocenters. The lowest BCUT2D eigenvalue weighted by Gasteiger charge is -2.19. The Labute approximate surface area is 189 Å². The van der Waals surface area contributed by atoms with Crippen LogP contribution in [0.15, 0.2) is 59.2 Å². The summed E-state index contributed by atoms with van der Waals surface area (Å²) in [6, 6.07) is 14.2. The Balaban J connectivity index is 1.73. The van der Waals surface area contributed by atoms with E-state index in [-0.39, 0.29) is 18.6 Å². The van der Waals surface area contributed by atoms with Crippen molar-refractivity contribution in [1.29, 1.82) is 0 Å². The number of nitrogens with zero attached hydrogens (tertiary/aromatic N) is 2. The summed E-state index contributed by atoms with van der Waals surface area (Å²) in [4.78, 5) is 19.7. The van der Waals surface area contributed by atoms with Crippen molar-refractivity contribution >= 4 is 44.2 Å². The number of carbonyl (C=O) groups excluding carboxylic acids is 1. The highest BCUT2D eigenvalue weighted by Gasteiger charge is 2.24. The van der Waals surface area contributed by atoms with E-state index >= 15 is 0 Å². The summed E-state index contributed by atoms with van der Waals surface area (Å²) in [5.74, 6) is 1.75. The highest BCUT2D eigenvalue weighted by molar-refractivity contribution is 7.23. The number of anilines is 1. The lowest BCUT2D eigenvalue weighted by Crippen LogP contribution is -2.30. The fourth-order valence-corrected chi connectivity index (χ4v) is 4.36. The molecular formula is C23H21ClN2O4S. The molecule has 8 heteroatoms. The normalized spacial score (nSPS) is 11.1. The number of hydrogen-bond acceptors (Lipinski definition) is 6. The second-order valence-corrected chi connectivity index (χ2v) is 8.47. The molecule has 0 atom stereocenters. The van der Waals surface area contributed by atoms with Crippen LogP contribution < -0.4 is 14.4 Å². The first kappa shape index (κ1) is 21.2. The van der Waals surface area contributed by atoms with E-state index in [1.165, 1.54) is 11.3 Å². The van der Waals surface area contributed by atoms with Gasteiger partial charge in [0.2, 0.25) is 0 Å². The third-order valence-corrected chi connectivity index (χ3v) is 6.05. The molecule has 1 amide bonds. The predicted molar refractivity (Wildman–Crippen MR) is 123 cm³/mol. The fraction of sp³-hybridized carbons (Fsp3) is 0.217. The summed E-state index contributed by atoms with van der Waals surface area (Å²) in [7, 11) is 1.58. The van der Waals surface area contributed by atoms with Gasteiger partial charge in [-0.05, 0) is 62.4 Å². The fourth-order valence-electron chi connectivity index (χ4n) is 3.11. The molecule has 0 aliphatic carbocycles. The summed E-state index contributed by atoms with van der Waals surface area (Å²) in [6.45, 7) is 4.14. The van der Waals surface area contributed by atoms with Crippen molar-refractivity contribution < 1.29 is 18.7 Å². The maximum atomic E-state index is 13.5. The molecule has 0 aliphatic heterocycles. The van der Waals surface area contributed by atoms with Crippen LogP contribution in [0.25, 0.3) is 10.2 Å². The molecule has 0 N–H and O–H groups in total. The lowest BCUT2D eigenvalue weighted by molar-refractivity contribution is 0.0983. The molecule has 0 aliphatic rings. The van der Waals surface area contributed by atoms with Crippen LogP contribution in [0.2, 0.25) is 5.02 Å². The van der Waals surface area contributed by atoms with Crippen LogP contribution in [0.5, 0.6) is 11.5 Å². The Morgan fingerprint density at radius 2 is 1.97 bits per heavy atom. The Bertz CT molecular complexity index is 1190. The highest BCUT2D eigenvalue weighted by atomic mass is 35.5. The van der Waals surface area contributed by atoms with Crippen LogP contribution in [0.3, 0.4) is 0 Å². The number of hydrogen-bond donors (Lipinski definition) is 0. The largest absolute Gasteiger partial charge is 0.494 e. The Morgan fingerprint density at radius 3 is 2.61 bits per heavy atom. The lowest BCUT2D eigenvalue weighted by atomic mass is 10.2. The average Bonchev–Trinajstić information content (AvgIpc) is 3.42. The van der Waals surface area contributed by atoms with Gasteiger partial charge in [-0.3, -0.25) is 9.69 Å². The van der Waals surface area contributed by atoms with Crippen molar-refractivity contribution in [3.05, 3.63) is 71.1 Å². The molecule has 4 rings (SSSR count). The van der Waals surface area contributed by atoms with Crippen molar-refractivity contribution in [3.63, 3.8) is 0 Å². The molecule has 31 heavy (non-hydrogen) atoms. The topological polar surface area (TPSA) is 64.8 Å². The molecule has 4 aromatic rings. The summed E-state index contributed by atoms with van der Waals surface area (Å²) >= 11 is 7.71. The number of methoxy groups -OCH3 is 1. The molecule has 0 bridgehead atoms. The number of halogens is 1.